The van der Waals surface area contributed by atoms with Crippen LogP contribution in [0.5, 0.6) is 0 Å². The van der Waals surface area contributed by atoms with Crippen LogP contribution in [0.25, 0.3) is 11.1 Å². The van der Waals surface area contributed by atoms with Crippen LogP contribution >= 0.6 is 0 Å². The van der Waals surface area contributed by atoms with E-state index in [9.17, 15) is 0 Å². The molecule has 1 aromatic carbocycles. The van der Waals surface area contributed by atoms with E-state index in [0.717, 1.165) is 24.1 Å². The van der Waals surface area contributed by atoms with Gasteiger partial charge in [0.1, 0.15) is 6.07 Å². The zero-order chi connectivity index (χ0) is 17.4. The van der Waals surface area contributed by atoms with Crippen molar-refractivity contribution in [3.8, 4) is 17.2 Å². The maximum atomic E-state index is 8.94. The van der Waals surface area contributed by atoms with Crippen molar-refractivity contribution in [1.82, 2.24) is 4.98 Å². The van der Waals surface area contributed by atoms with Gasteiger partial charge in [-0.1, -0.05) is 39.2 Å². The van der Waals surface area contributed by atoms with Crippen molar-refractivity contribution < 1.29 is 0 Å². The van der Waals surface area contributed by atoms with Crippen LogP contribution in [-0.4, -0.2) is 18.6 Å². The molecule has 0 radical (unpaired) electrons. The first-order valence-corrected chi connectivity index (χ1v) is 8.89. The third kappa shape index (κ3) is 4.58. The molecule has 1 aliphatic rings. The predicted octanol–water partition coefficient (Wildman–Crippen LogP) is 5.20. The minimum absolute atomic E-state index is 0.604. The number of aromatic nitrogens is 1. The molecule has 3 nitrogen and oxygen atoms in total. The highest BCUT2D eigenvalue weighted by Gasteiger charge is 2.14. The molecule has 126 valence electrons. The Labute approximate surface area is 146 Å². The van der Waals surface area contributed by atoms with Crippen LogP contribution in [0.1, 0.15) is 50.7 Å². The number of benzene rings is 1. The number of aryl methyl sites for hydroxylation is 1. The summed E-state index contributed by atoms with van der Waals surface area (Å²) in [5.41, 5.74) is 5.45. The van der Waals surface area contributed by atoms with Gasteiger partial charge in [0.25, 0.3) is 0 Å². The minimum atomic E-state index is 0.604. The summed E-state index contributed by atoms with van der Waals surface area (Å²) in [6.45, 7) is 5.55. The van der Waals surface area contributed by atoms with Gasteiger partial charge in [0.15, 0.2) is 0 Å². The van der Waals surface area contributed by atoms with E-state index < -0.39 is 0 Å². The van der Waals surface area contributed by atoms with E-state index in [1.54, 1.807) is 6.20 Å². The van der Waals surface area contributed by atoms with E-state index in [-0.39, 0.29) is 0 Å². The lowest BCUT2D eigenvalue weighted by Gasteiger charge is -2.27. The Kier molecular flexibility index (Phi) is 6.81. The van der Waals surface area contributed by atoms with E-state index in [4.69, 9.17) is 5.26 Å². The van der Waals surface area contributed by atoms with Gasteiger partial charge >= 0.3 is 0 Å². The average Bonchev–Trinajstić information content (AvgIpc) is 2.63. The van der Waals surface area contributed by atoms with Crippen LogP contribution in [-0.2, 0) is 6.42 Å². The predicted molar refractivity (Wildman–Crippen MR) is 101 cm³/mol. The van der Waals surface area contributed by atoms with E-state index in [0.29, 0.717) is 5.56 Å². The highest BCUT2D eigenvalue weighted by atomic mass is 15.1. The van der Waals surface area contributed by atoms with Crippen molar-refractivity contribution >= 4 is 5.69 Å². The Hall–Kier alpha value is -2.34. The molecule has 2 heterocycles. The van der Waals surface area contributed by atoms with Crippen LogP contribution in [0.15, 0.2) is 36.7 Å². The second-order valence-electron chi connectivity index (χ2n) is 6.30. The van der Waals surface area contributed by atoms with Gasteiger partial charge in [-0.3, -0.25) is 4.98 Å². The Morgan fingerprint density at radius 2 is 1.92 bits per heavy atom. The van der Waals surface area contributed by atoms with Crippen molar-refractivity contribution in [3.05, 3.63) is 47.8 Å². The lowest BCUT2D eigenvalue weighted by molar-refractivity contribution is 0.745. The molecule has 0 saturated carbocycles. The highest BCUT2D eigenvalue weighted by Crippen LogP contribution is 2.30. The summed E-state index contributed by atoms with van der Waals surface area (Å²) < 4.78 is 0. The van der Waals surface area contributed by atoms with Gasteiger partial charge in [0, 0.05) is 37.2 Å². The van der Waals surface area contributed by atoms with E-state index in [1.807, 2.05) is 12.3 Å². The third-order valence-electron chi connectivity index (χ3n) is 4.34. The molecular formula is C21H27N3. The molecule has 0 unspecified atom stereocenters. The van der Waals surface area contributed by atoms with Crippen LogP contribution < -0.4 is 4.90 Å². The van der Waals surface area contributed by atoms with Gasteiger partial charge < -0.3 is 4.90 Å². The van der Waals surface area contributed by atoms with Crippen LogP contribution in [0, 0.1) is 11.3 Å². The first-order chi connectivity index (χ1) is 11.7. The molecule has 0 spiro atoms. The maximum Gasteiger partial charge on any atom is 0.101 e. The Morgan fingerprint density at radius 1 is 1.12 bits per heavy atom. The minimum Gasteiger partial charge on any atom is -0.374 e. The number of pyridine rings is 1. The quantitative estimate of drug-likeness (QED) is 0.780. The monoisotopic (exact) mass is 321 g/mol. The van der Waals surface area contributed by atoms with E-state index in [2.05, 4.69) is 55.0 Å². The summed E-state index contributed by atoms with van der Waals surface area (Å²) in [5.74, 6) is 0. The maximum absolute atomic E-state index is 8.94. The van der Waals surface area contributed by atoms with Gasteiger partial charge in [-0.25, -0.2) is 0 Å². The van der Waals surface area contributed by atoms with Crippen molar-refractivity contribution in [2.24, 2.45) is 0 Å². The molecule has 0 amide bonds. The number of fused-ring (bicyclic) bond motifs is 1. The van der Waals surface area contributed by atoms with Gasteiger partial charge in [-0.15, -0.1) is 0 Å². The molecule has 0 bridgehead atoms. The molecule has 3 heteroatoms. The van der Waals surface area contributed by atoms with Gasteiger partial charge in [0.2, 0.25) is 0 Å². The Balaban J connectivity index is 0.000000368. The normalized spacial score (nSPS) is 12.7. The second kappa shape index (κ2) is 9.08. The molecule has 24 heavy (non-hydrogen) atoms. The Morgan fingerprint density at radius 3 is 2.58 bits per heavy atom. The molecule has 1 aromatic heterocycles. The number of unbranched alkanes of at least 4 members (excludes halogenated alkanes) is 2. The number of nitriles is 1. The van der Waals surface area contributed by atoms with Crippen LogP contribution in [0.4, 0.5) is 5.69 Å². The molecule has 0 aliphatic carbocycles. The van der Waals surface area contributed by atoms with Crippen molar-refractivity contribution in [3.63, 3.8) is 0 Å². The van der Waals surface area contributed by atoms with Crippen molar-refractivity contribution in [1.29, 1.82) is 5.26 Å². The molecule has 2 aromatic rings. The summed E-state index contributed by atoms with van der Waals surface area (Å²) in [6, 6.07) is 10.5. The van der Waals surface area contributed by atoms with Gasteiger partial charge in [-0.2, -0.15) is 5.26 Å². The molecule has 0 atom stereocenters. The summed E-state index contributed by atoms with van der Waals surface area (Å²) in [4.78, 5) is 6.42. The third-order valence-corrected chi connectivity index (χ3v) is 4.34. The summed E-state index contributed by atoms with van der Waals surface area (Å²) in [6.07, 6.45) is 9.81. The topological polar surface area (TPSA) is 39.9 Å². The van der Waals surface area contributed by atoms with Crippen LogP contribution in [0.3, 0.4) is 0 Å². The molecule has 0 N–H and O–H groups in total. The van der Waals surface area contributed by atoms with Crippen molar-refractivity contribution in [2.75, 3.05) is 18.5 Å². The first-order valence-electron chi connectivity index (χ1n) is 8.89. The second-order valence-corrected chi connectivity index (χ2v) is 6.30. The lowest BCUT2D eigenvalue weighted by atomic mass is 9.97. The van der Waals surface area contributed by atoms with Gasteiger partial charge in [-0.05, 0) is 42.2 Å². The highest BCUT2D eigenvalue weighted by molar-refractivity contribution is 5.69. The zero-order valence-electron chi connectivity index (χ0n) is 15.0. The SMILES string of the molecule is CCCCC.CN1CCCc2cc(-c3cncc(C#N)c3)ccc21. The van der Waals surface area contributed by atoms with E-state index >= 15 is 0 Å². The largest absolute Gasteiger partial charge is 0.374 e. The molecule has 0 saturated heterocycles. The standard InChI is InChI=1S/C16H15N3.C5H12/c1-19-6-2-3-14-8-13(4-5-16(14)19)15-7-12(9-17)10-18-11-15;1-3-5-4-2/h4-5,7-8,10-11H,2-3,6H2,1H3;3-5H2,1-2H3. The van der Waals surface area contributed by atoms with Gasteiger partial charge in [0.05, 0.1) is 5.56 Å². The fourth-order valence-electron chi connectivity index (χ4n) is 2.98. The molecule has 0 fully saturated rings. The summed E-state index contributed by atoms with van der Waals surface area (Å²) >= 11 is 0. The Bertz CT molecular complexity index is 698. The summed E-state index contributed by atoms with van der Waals surface area (Å²) in [5, 5.41) is 8.94. The van der Waals surface area contributed by atoms with Crippen LogP contribution in [0.2, 0.25) is 0 Å². The lowest BCUT2D eigenvalue weighted by Crippen LogP contribution is -2.24. The van der Waals surface area contributed by atoms with Crippen molar-refractivity contribution in [2.45, 2.75) is 46.0 Å². The number of nitrogens with zero attached hydrogens (tertiary/aromatic N) is 3. The molecule has 1 aliphatic heterocycles. The molecule has 3 rings (SSSR count). The number of anilines is 1. The fraction of sp³-hybridized carbons (Fsp3) is 0.429. The fourth-order valence-corrected chi connectivity index (χ4v) is 2.98. The van der Waals surface area contributed by atoms with E-state index in [1.165, 1.54) is 36.9 Å². The zero-order valence-corrected chi connectivity index (χ0v) is 15.0. The average molecular weight is 321 g/mol. The number of hydrogen-bond acceptors (Lipinski definition) is 3. The molecular weight excluding hydrogens is 294 g/mol. The summed E-state index contributed by atoms with van der Waals surface area (Å²) in [7, 11) is 2.13. The number of rotatable bonds is 3. The first kappa shape index (κ1) is 18.0. The number of hydrogen-bond donors (Lipinski definition) is 0. The smallest absolute Gasteiger partial charge is 0.101 e.